The molecule has 0 aliphatic carbocycles. The SMILES string of the molecule is CCC1CCCCN1C(=O)COC(=O)CCc1c(C)[nH]c(=O)[nH]c1=O. The van der Waals surface area contributed by atoms with E-state index in [0.29, 0.717) is 17.8 Å². The molecule has 2 rings (SSSR count). The fraction of sp³-hybridized carbons (Fsp3) is 0.647. The largest absolute Gasteiger partial charge is 0.456 e. The summed E-state index contributed by atoms with van der Waals surface area (Å²) in [4.78, 5) is 53.4. The number of carbonyl (C=O) groups excluding carboxylic acids is 2. The van der Waals surface area contributed by atoms with E-state index in [4.69, 9.17) is 4.74 Å². The molecule has 8 heteroatoms. The maximum Gasteiger partial charge on any atom is 0.325 e. The number of rotatable bonds is 6. The van der Waals surface area contributed by atoms with Gasteiger partial charge in [0, 0.05) is 30.3 Å². The molecule has 1 fully saturated rings. The lowest BCUT2D eigenvalue weighted by molar-refractivity contribution is -0.153. The number of aromatic nitrogens is 2. The van der Waals surface area contributed by atoms with E-state index in [1.54, 1.807) is 11.8 Å². The predicted molar refractivity (Wildman–Crippen MR) is 91.3 cm³/mol. The van der Waals surface area contributed by atoms with Crippen LogP contribution in [0, 0.1) is 6.92 Å². The molecular formula is C17H25N3O5. The predicted octanol–water partition coefficient (Wildman–Crippen LogP) is 0.639. The van der Waals surface area contributed by atoms with E-state index in [1.807, 2.05) is 6.92 Å². The molecule has 0 saturated carbocycles. The molecule has 0 aromatic carbocycles. The van der Waals surface area contributed by atoms with Gasteiger partial charge in [-0.1, -0.05) is 6.92 Å². The van der Waals surface area contributed by atoms with Gasteiger partial charge in [-0.3, -0.25) is 19.4 Å². The molecule has 2 heterocycles. The Balaban J connectivity index is 1.84. The second kappa shape index (κ2) is 8.64. The topological polar surface area (TPSA) is 112 Å². The summed E-state index contributed by atoms with van der Waals surface area (Å²) >= 11 is 0. The number of likely N-dealkylation sites (tertiary alicyclic amines) is 1. The number of H-pyrrole nitrogens is 2. The van der Waals surface area contributed by atoms with Crippen LogP contribution in [0.2, 0.25) is 0 Å². The van der Waals surface area contributed by atoms with Gasteiger partial charge in [0.2, 0.25) is 0 Å². The van der Waals surface area contributed by atoms with Gasteiger partial charge in [-0.15, -0.1) is 0 Å². The Morgan fingerprint density at radius 2 is 2.00 bits per heavy atom. The van der Waals surface area contributed by atoms with Crippen molar-refractivity contribution in [3.05, 3.63) is 32.1 Å². The molecule has 1 aromatic heterocycles. The van der Waals surface area contributed by atoms with Gasteiger partial charge in [0.25, 0.3) is 11.5 Å². The first-order chi connectivity index (χ1) is 11.9. The van der Waals surface area contributed by atoms with Crippen molar-refractivity contribution in [2.45, 2.75) is 58.4 Å². The van der Waals surface area contributed by atoms with E-state index >= 15 is 0 Å². The van der Waals surface area contributed by atoms with E-state index in [9.17, 15) is 19.2 Å². The maximum atomic E-state index is 12.2. The zero-order valence-electron chi connectivity index (χ0n) is 14.7. The highest BCUT2D eigenvalue weighted by molar-refractivity contribution is 5.81. The zero-order chi connectivity index (χ0) is 18.4. The molecule has 1 aromatic rings. The van der Waals surface area contributed by atoms with Gasteiger partial charge < -0.3 is 14.6 Å². The normalized spacial score (nSPS) is 17.4. The minimum atomic E-state index is -0.577. The van der Waals surface area contributed by atoms with Crippen molar-refractivity contribution >= 4 is 11.9 Å². The van der Waals surface area contributed by atoms with Gasteiger partial charge in [-0.2, -0.15) is 0 Å². The Kier molecular flexibility index (Phi) is 6.55. The van der Waals surface area contributed by atoms with Gasteiger partial charge in [0.05, 0.1) is 0 Å². The van der Waals surface area contributed by atoms with Crippen LogP contribution in [0.3, 0.4) is 0 Å². The average molecular weight is 351 g/mol. The van der Waals surface area contributed by atoms with E-state index < -0.39 is 17.2 Å². The molecule has 0 bridgehead atoms. The van der Waals surface area contributed by atoms with E-state index in [-0.39, 0.29) is 31.4 Å². The van der Waals surface area contributed by atoms with Gasteiger partial charge >= 0.3 is 11.7 Å². The smallest absolute Gasteiger partial charge is 0.325 e. The minimum Gasteiger partial charge on any atom is -0.456 e. The number of amides is 1. The average Bonchev–Trinajstić information content (AvgIpc) is 2.58. The molecular weight excluding hydrogens is 326 g/mol. The standard InChI is InChI=1S/C17H25N3O5/c1-3-12-6-4-5-9-20(12)14(21)10-25-15(22)8-7-13-11(2)18-17(24)19-16(13)23/h12H,3-10H2,1-2H3,(H2,18,19,23,24). The molecule has 1 saturated heterocycles. The third-order valence-electron chi connectivity index (χ3n) is 4.61. The van der Waals surface area contributed by atoms with E-state index in [0.717, 1.165) is 25.7 Å². The molecule has 2 N–H and O–H groups in total. The Hall–Kier alpha value is -2.38. The van der Waals surface area contributed by atoms with E-state index in [1.165, 1.54) is 0 Å². The first kappa shape index (κ1) is 19.0. The van der Waals surface area contributed by atoms with Gasteiger partial charge in [0.1, 0.15) is 0 Å². The summed E-state index contributed by atoms with van der Waals surface area (Å²) in [6.07, 6.45) is 4.10. The van der Waals surface area contributed by atoms with Crippen molar-refractivity contribution in [2.75, 3.05) is 13.2 Å². The number of nitrogens with one attached hydrogen (secondary N) is 2. The lowest BCUT2D eigenvalue weighted by atomic mass is 10.00. The Morgan fingerprint density at radius 3 is 2.68 bits per heavy atom. The molecule has 1 aliphatic heterocycles. The van der Waals surface area contributed by atoms with Crippen molar-refractivity contribution < 1.29 is 14.3 Å². The monoisotopic (exact) mass is 351 g/mol. The second-order valence-electron chi connectivity index (χ2n) is 6.32. The number of ether oxygens (including phenoxy) is 1. The summed E-state index contributed by atoms with van der Waals surface area (Å²) in [6.45, 7) is 4.09. The third-order valence-corrected chi connectivity index (χ3v) is 4.61. The van der Waals surface area contributed by atoms with Crippen molar-refractivity contribution in [3.63, 3.8) is 0 Å². The first-order valence-electron chi connectivity index (χ1n) is 8.69. The molecule has 0 radical (unpaired) electrons. The quantitative estimate of drug-likeness (QED) is 0.730. The van der Waals surface area contributed by atoms with Crippen LogP contribution in [-0.2, 0) is 20.7 Å². The Bertz CT molecular complexity index is 737. The lowest BCUT2D eigenvalue weighted by Crippen LogP contribution is -2.45. The number of nitrogens with zero attached hydrogens (tertiary/aromatic N) is 1. The molecule has 1 atom stereocenters. The summed E-state index contributed by atoms with van der Waals surface area (Å²) < 4.78 is 5.06. The zero-order valence-corrected chi connectivity index (χ0v) is 14.7. The van der Waals surface area contributed by atoms with Crippen molar-refractivity contribution in [3.8, 4) is 0 Å². The van der Waals surface area contributed by atoms with Crippen LogP contribution in [-0.4, -0.2) is 45.9 Å². The van der Waals surface area contributed by atoms with Crippen molar-refractivity contribution in [1.29, 1.82) is 0 Å². The minimum absolute atomic E-state index is 0.0273. The highest BCUT2D eigenvalue weighted by Crippen LogP contribution is 2.19. The lowest BCUT2D eigenvalue weighted by Gasteiger charge is -2.35. The summed E-state index contributed by atoms with van der Waals surface area (Å²) in [7, 11) is 0. The fourth-order valence-corrected chi connectivity index (χ4v) is 3.20. The molecule has 1 amide bonds. The van der Waals surface area contributed by atoms with Crippen LogP contribution >= 0.6 is 0 Å². The fourth-order valence-electron chi connectivity index (χ4n) is 3.20. The van der Waals surface area contributed by atoms with Crippen LogP contribution in [0.25, 0.3) is 0 Å². The maximum absolute atomic E-state index is 12.2. The second-order valence-corrected chi connectivity index (χ2v) is 6.32. The van der Waals surface area contributed by atoms with Crippen molar-refractivity contribution in [2.24, 2.45) is 0 Å². The van der Waals surface area contributed by atoms with Gasteiger partial charge in [-0.05, 0) is 39.0 Å². The van der Waals surface area contributed by atoms with E-state index in [2.05, 4.69) is 9.97 Å². The van der Waals surface area contributed by atoms with Crippen LogP contribution in [0.1, 0.15) is 50.3 Å². The highest BCUT2D eigenvalue weighted by Gasteiger charge is 2.25. The van der Waals surface area contributed by atoms with Crippen LogP contribution in [0.15, 0.2) is 9.59 Å². The molecule has 1 aliphatic rings. The third kappa shape index (κ3) is 5.04. The molecule has 25 heavy (non-hydrogen) atoms. The van der Waals surface area contributed by atoms with Crippen molar-refractivity contribution in [1.82, 2.24) is 14.9 Å². The number of hydrogen-bond acceptors (Lipinski definition) is 5. The number of piperidine rings is 1. The number of esters is 1. The number of hydrogen-bond donors (Lipinski definition) is 2. The number of aryl methyl sites for hydroxylation is 1. The Labute approximate surface area is 145 Å². The van der Waals surface area contributed by atoms with Crippen LogP contribution < -0.4 is 11.2 Å². The molecule has 0 spiro atoms. The van der Waals surface area contributed by atoms with Gasteiger partial charge in [0.15, 0.2) is 6.61 Å². The molecule has 8 nitrogen and oxygen atoms in total. The summed E-state index contributed by atoms with van der Waals surface area (Å²) in [5.74, 6) is -0.707. The summed E-state index contributed by atoms with van der Waals surface area (Å²) in [5.41, 5.74) is -0.322. The first-order valence-corrected chi connectivity index (χ1v) is 8.69. The summed E-state index contributed by atoms with van der Waals surface area (Å²) in [6, 6.07) is 0.224. The van der Waals surface area contributed by atoms with Gasteiger partial charge in [-0.25, -0.2) is 4.79 Å². The molecule has 1 unspecified atom stereocenters. The van der Waals surface area contributed by atoms with Crippen LogP contribution in [0.4, 0.5) is 0 Å². The number of aromatic amines is 2. The number of carbonyl (C=O) groups is 2. The highest BCUT2D eigenvalue weighted by atomic mass is 16.5. The van der Waals surface area contributed by atoms with Crippen LogP contribution in [0.5, 0.6) is 0 Å². The molecule has 138 valence electrons. The summed E-state index contributed by atoms with van der Waals surface area (Å²) in [5, 5.41) is 0. The Morgan fingerprint density at radius 1 is 1.24 bits per heavy atom.